The number of aromatic nitrogens is 2. The number of hydrogen-bond donors (Lipinski definition) is 1. The number of allylic oxidation sites excluding steroid dienone is 1. The third-order valence-electron chi connectivity index (χ3n) is 4.60. The van der Waals surface area contributed by atoms with Gasteiger partial charge in [-0.25, -0.2) is 4.98 Å². The molecule has 5 nitrogen and oxygen atoms in total. The van der Waals surface area contributed by atoms with Gasteiger partial charge in [0.05, 0.1) is 21.3 Å². The van der Waals surface area contributed by atoms with Crippen LogP contribution in [0.25, 0.3) is 20.7 Å². The summed E-state index contributed by atoms with van der Waals surface area (Å²) in [6, 6.07) is 8.81. The van der Waals surface area contributed by atoms with Gasteiger partial charge < -0.3 is 5.32 Å². The third-order valence-corrected chi connectivity index (χ3v) is 8.01. The number of amides is 1. The molecule has 1 N–H and O–H groups in total. The van der Waals surface area contributed by atoms with Crippen molar-refractivity contribution in [1.29, 1.82) is 0 Å². The van der Waals surface area contributed by atoms with Crippen LogP contribution in [-0.4, -0.2) is 20.7 Å². The van der Waals surface area contributed by atoms with Crippen molar-refractivity contribution < 1.29 is 4.79 Å². The fraction of sp³-hybridized carbons (Fsp3) is 0.136. The first-order valence-electron chi connectivity index (χ1n) is 9.48. The number of fused-ring (bicyclic) bond motifs is 1. The summed E-state index contributed by atoms with van der Waals surface area (Å²) in [7, 11) is 0. The lowest BCUT2D eigenvalue weighted by molar-refractivity contribution is -0.115. The SMILES string of the molecule is C=CCn1c(SC(C)C(=O)Nc2ccc(Cl)cc2Cl)nc2scc(-c3cccs3)c2c1=O. The Balaban J connectivity index is 1.66. The molecule has 10 heteroatoms. The molecule has 1 amide bonds. The molecule has 4 rings (SSSR count). The van der Waals surface area contributed by atoms with Crippen LogP contribution in [0.1, 0.15) is 6.92 Å². The lowest BCUT2D eigenvalue weighted by atomic mass is 10.2. The molecule has 0 fully saturated rings. The minimum absolute atomic E-state index is 0.143. The van der Waals surface area contributed by atoms with Crippen LogP contribution >= 0.6 is 57.6 Å². The molecule has 0 aliphatic carbocycles. The van der Waals surface area contributed by atoms with E-state index >= 15 is 0 Å². The van der Waals surface area contributed by atoms with Crippen LogP contribution in [0.15, 0.2) is 63.7 Å². The van der Waals surface area contributed by atoms with Crippen LogP contribution in [-0.2, 0) is 11.3 Å². The minimum Gasteiger partial charge on any atom is -0.324 e. The Morgan fingerprint density at radius 2 is 2.16 bits per heavy atom. The Morgan fingerprint density at radius 3 is 2.84 bits per heavy atom. The fourth-order valence-electron chi connectivity index (χ4n) is 3.04. The number of thioether (sulfide) groups is 1. The monoisotopic (exact) mass is 521 g/mol. The molecule has 0 spiro atoms. The Kier molecular flexibility index (Phi) is 7.07. The number of carbonyl (C=O) groups is 1. The van der Waals surface area contributed by atoms with E-state index in [1.165, 1.54) is 23.1 Å². The van der Waals surface area contributed by atoms with E-state index in [2.05, 4.69) is 11.9 Å². The molecule has 0 saturated heterocycles. The maximum absolute atomic E-state index is 13.4. The number of halogens is 2. The van der Waals surface area contributed by atoms with Crippen molar-refractivity contribution in [1.82, 2.24) is 9.55 Å². The lowest BCUT2D eigenvalue weighted by Gasteiger charge is -2.15. The zero-order valence-corrected chi connectivity index (χ0v) is 20.8. The topological polar surface area (TPSA) is 64.0 Å². The Bertz CT molecular complexity index is 1360. The predicted octanol–water partition coefficient (Wildman–Crippen LogP) is 6.80. The second-order valence-electron chi connectivity index (χ2n) is 6.78. The number of thiophene rings is 2. The van der Waals surface area contributed by atoms with Crippen LogP contribution in [0.3, 0.4) is 0 Å². The lowest BCUT2D eigenvalue weighted by Crippen LogP contribution is -2.26. The smallest absolute Gasteiger partial charge is 0.263 e. The van der Waals surface area contributed by atoms with Crippen molar-refractivity contribution in [2.24, 2.45) is 0 Å². The molecular weight excluding hydrogens is 505 g/mol. The van der Waals surface area contributed by atoms with E-state index < -0.39 is 5.25 Å². The number of rotatable bonds is 7. The second-order valence-corrected chi connectivity index (χ2v) is 10.7. The van der Waals surface area contributed by atoms with Crippen LogP contribution < -0.4 is 10.9 Å². The molecule has 0 saturated carbocycles. The second kappa shape index (κ2) is 9.80. The van der Waals surface area contributed by atoms with Crippen molar-refractivity contribution >= 4 is 79.4 Å². The number of anilines is 1. The van der Waals surface area contributed by atoms with Crippen LogP contribution in [0, 0.1) is 0 Å². The first kappa shape index (κ1) is 23.1. The number of nitrogens with zero attached hydrogens (tertiary/aromatic N) is 2. The number of carbonyl (C=O) groups excluding carboxylic acids is 1. The zero-order chi connectivity index (χ0) is 22.8. The first-order valence-corrected chi connectivity index (χ1v) is 12.9. The first-order chi connectivity index (χ1) is 15.4. The highest BCUT2D eigenvalue weighted by atomic mass is 35.5. The summed E-state index contributed by atoms with van der Waals surface area (Å²) >= 11 is 16.3. The third kappa shape index (κ3) is 4.65. The minimum atomic E-state index is -0.529. The van der Waals surface area contributed by atoms with Crippen molar-refractivity contribution in [2.75, 3.05) is 5.32 Å². The van der Waals surface area contributed by atoms with Gasteiger partial charge in [0.15, 0.2) is 5.16 Å². The van der Waals surface area contributed by atoms with Crippen LogP contribution in [0.2, 0.25) is 10.0 Å². The molecule has 4 aromatic rings. The van der Waals surface area contributed by atoms with Crippen LogP contribution in [0.5, 0.6) is 0 Å². The maximum atomic E-state index is 13.4. The maximum Gasteiger partial charge on any atom is 0.263 e. The molecule has 1 unspecified atom stereocenters. The average molecular weight is 523 g/mol. The summed E-state index contributed by atoms with van der Waals surface area (Å²) in [6.07, 6.45) is 1.65. The van der Waals surface area contributed by atoms with E-state index in [0.29, 0.717) is 37.7 Å². The summed E-state index contributed by atoms with van der Waals surface area (Å²) in [5.74, 6) is -0.260. The van der Waals surface area contributed by atoms with Gasteiger partial charge in [0.2, 0.25) is 5.91 Å². The molecule has 1 atom stereocenters. The van der Waals surface area contributed by atoms with Gasteiger partial charge in [-0.05, 0) is 36.6 Å². The van der Waals surface area contributed by atoms with Crippen molar-refractivity contribution in [3.05, 3.63) is 74.1 Å². The molecule has 0 aliphatic rings. The van der Waals surface area contributed by atoms with E-state index in [-0.39, 0.29) is 11.5 Å². The van der Waals surface area contributed by atoms with Gasteiger partial charge in [0.25, 0.3) is 5.56 Å². The summed E-state index contributed by atoms with van der Waals surface area (Å²) in [4.78, 5) is 32.5. The molecule has 164 valence electrons. The molecule has 0 radical (unpaired) electrons. The van der Waals surface area contributed by atoms with E-state index in [1.807, 2.05) is 22.9 Å². The summed E-state index contributed by atoms with van der Waals surface area (Å²) < 4.78 is 1.56. The van der Waals surface area contributed by atoms with Gasteiger partial charge in [0, 0.05) is 27.4 Å². The molecule has 0 aliphatic heterocycles. The molecule has 3 aromatic heterocycles. The molecule has 3 heterocycles. The molecule has 0 bridgehead atoms. The molecular formula is C22H17Cl2N3O2S3. The zero-order valence-electron chi connectivity index (χ0n) is 16.8. The Morgan fingerprint density at radius 1 is 1.34 bits per heavy atom. The van der Waals surface area contributed by atoms with Crippen molar-refractivity contribution in [3.8, 4) is 10.4 Å². The molecule has 1 aromatic carbocycles. The summed E-state index contributed by atoms with van der Waals surface area (Å²) in [6.45, 7) is 5.82. The van der Waals surface area contributed by atoms with Gasteiger partial charge >= 0.3 is 0 Å². The highest BCUT2D eigenvalue weighted by Gasteiger charge is 2.22. The predicted molar refractivity (Wildman–Crippen MR) is 138 cm³/mol. The number of benzene rings is 1. The van der Waals surface area contributed by atoms with Gasteiger partial charge in [-0.15, -0.1) is 29.3 Å². The summed E-state index contributed by atoms with van der Waals surface area (Å²) in [5, 5.41) is 8.10. The van der Waals surface area contributed by atoms with E-state index in [0.717, 1.165) is 10.4 Å². The Labute approximate surface area is 206 Å². The van der Waals surface area contributed by atoms with Crippen molar-refractivity contribution in [3.63, 3.8) is 0 Å². The largest absolute Gasteiger partial charge is 0.324 e. The summed E-state index contributed by atoms with van der Waals surface area (Å²) in [5.41, 5.74) is 1.21. The average Bonchev–Trinajstić information content (AvgIpc) is 3.42. The van der Waals surface area contributed by atoms with Crippen LogP contribution in [0.4, 0.5) is 5.69 Å². The van der Waals surface area contributed by atoms with Gasteiger partial charge in [-0.1, -0.05) is 47.1 Å². The van der Waals surface area contributed by atoms with E-state index in [4.69, 9.17) is 28.2 Å². The highest BCUT2D eigenvalue weighted by Crippen LogP contribution is 2.35. The van der Waals surface area contributed by atoms with Gasteiger partial charge in [-0.3, -0.25) is 14.2 Å². The number of hydrogen-bond acceptors (Lipinski definition) is 6. The van der Waals surface area contributed by atoms with E-state index in [1.54, 1.807) is 47.1 Å². The van der Waals surface area contributed by atoms with E-state index in [9.17, 15) is 9.59 Å². The fourth-order valence-corrected chi connectivity index (χ4v) is 6.21. The number of nitrogens with one attached hydrogen (secondary N) is 1. The molecule has 32 heavy (non-hydrogen) atoms. The quantitative estimate of drug-likeness (QED) is 0.165. The van der Waals surface area contributed by atoms with Crippen molar-refractivity contribution in [2.45, 2.75) is 23.9 Å². The highest BCUT2D eigenvalue weighted by molar-refractivity contribution is 8.00. The standard InChI is InChI=1S/C22H17Cl2N3O2S3/c1-3-8-27-21(29)18-14(17-5-4-9-30-17)11-31-20(18)26-22(27)32-12(2)19(28)25-16-7-6-13(23)10-15(16)24/h3-7,9-12H,1,8H2,2H3,(H,25,28). The van der Waals surface area contributed by atoms with Gasteiger partial charge in [-0.2, -0.15) is 0 Å². The normalized spacial score (nSPS) is 12.1. The van der Waals surface area contributed by atoms with Gasteiger partial charge in [0.1, 0.15) is 4.83 Å². The Hall–Kier alpha value is -2.10.